The van der Waals surface area contributed by atoms with Gasteiger partial charge in [0.2, 0.25) is 0 Å². The number of ether oxygens (including phenoxy) is 1. The van der Waals surface area contributed by atoms with Crippen LogP contribution in [0, 0.1) is 0 Å². The number of nitrogens with two attached hydrogens (primary N) is 1. The Morgan fingerprint density at radius 1 is 1.18 bits per heavy atom. The fourth-order valence-corrected chi connectivity index (χ4v) is 1.51. The number of aryl methyl sites for hydroxylation is 1. The molecule has 0 heterocycles. The molecular weight excluding hydrogens is 210 g/mol. The van der Waals surface area contributed by atoms with Crippen LogP contribution in [0.5, 0.6) is 0 Å². The van der Waals surface area contributed by atoms with Crippen LogP contribution in [0.4, 0.5) is 0 Å². The van der Waals surface area contributed by atoms with Crippen LogP contribution in [0.2, 0.25) is 0 Å². The second kappa shape index (κ2) is 6.18. The van der Waals surface area contributed by atoms with Crippen molar-refractivity contribution in [1.82, 2.24) is 0 Å². The summed E-state index contributed by atoms with van der Waals surface area (Å²) in [4.78, 5) is 0. The molecule has 0 aliphatic rings. The van der Waals surface area contributed by atoms with Gasteiger partial charge in [-0.3, -0.25) is 0 Å². The fraction of sp³-hybridized carbons (Fsp3) is 0.600. The predicted octanol–water partition coefficient (Wildman–Crippen LogP) is 3.45. The van der Waals surface area contributed by atoms with Crippen LogP contribution in [0.25, 0.3) is 0 Å². The first-order chi connectivity index (χ1) is 7.98. The van der Waals surface area contributed by atoms with Crippen molar-refractivity contribution in [3.63, 3.8) is 0 Å². The molecule has 0 saturated heterocycles. The van der Waals surface area contributed by atoms with Crippen molar-refractivity contribution in [2.75, 3.05) is 6.61 Å². The minimum Gasteiger partial charge on any atom is -0.374 e. The van der Waals surface area contributed by atoms with Gasteiger partial charge in [-0.05, 0) is 37.8 Å². The summed E-state index contributed by atoms with van der Waals surface area (Å²) in [7, 11) is 0. The van der Waals surface area contributed by atoms with Crippen LogP contribution in [0.3, 0.4) is 0 Å². The molecule has 0 aliphatic carbocycles. The van der Waals surface area contributed by atoms with Crippen LogP contribution in [-0.4, -0.2) is 12.2 Å². The standard InChI is InChI=1S/C15H25NO/c1-5-12-7-9-13(10-8-12)14(16)11-17-15(3,4)6-2/h7-10,14H,5-6,11,16H2,1-4H3. The third-order valence-corrected chi connectivity index (χ3v) is 3.32. The maximum absolute atomic E-state index is 6.12. The number of hydrogen-bond donors (Lipinski definition) is 1. The van der Waals surface area contributed by atoms with Gasteiger partial charge >= 0.3 is 0 Å². The minimum atomic E-state index is -0.0824. The molecule has 0 fully saturated rings. The molecule has 0 bridgehead atoms. The van der Waals surface area contributed by atoms with Crippen LogP contribution in [0.15, 0.2) is 24.3 Å². The van der Waals surface area contributed by atoms with Gasteiger partial charge in [0.25, 0.3) is 0 Å². The Bertz CT molecular complexity index is 329. The smallest absolute Gasteiger partial charge is 0.0666 e. The highest BCUT2D eigenvalue weighted by Gasteiger charge is 2.17. The lowest BCUT2D eigenvalue weighted by Gasteiger charge is -2.25. The summed E-state index contributed by atoms with van der Waals surface area (Å²) >= 11 is 0. The van der Waals surface area contributed by atoms with Crippen LogP contribution in [0.1, 0.15) is 51.3 Å². The van der Waals surface area contributed by atoms with E-state index in [4.69, 9.17) is 10.5 Å². The average Bonchev–Trinajstić information content (AvgIpc) is 2.36. The molecule has 2 nitrogen and oxygen atoms in total. The van der Waals surface area contributed by atoms with E-state index in [1.54, 1.807) is 0 Å². The van der Waals surface area contributed by atoms with Gasteiger partial charge in [-0.25, -0.2) is 0 Å². The molecule has 17 heavy (non-hydrogen) atoms. The Kier molecular flexibility index (Phi) is 5.16. The van der Waals surface area contributed by atoms with Crippen molar-refractivity contribution >= 4 is 0 Å². The summed E-state index contributed by atoms with van der Waals surface area (Å²) in [5.41, 5.74) is 8.53. The van der Waals surface area contributed by atoms with E-state index in [-0.39, 0.29) is 11.6 Å². The van der Waals surface area contributed by atoms with E-state index in [1.807, 2.05) is 0 Å². The third-order valence-electron chi connectivity index (χ3n) is 3.32. The maximum atomic E-state index is 6.12. The van der Waals surface area contributed by atoms with E-state index >= 15 is 0 Å². The second-order valence-electron chi connectivity index (χ2n) is 5.13. The molecule has 0 radical (unpaired) electrons. The minimum absolute atomic E-state index is 0.0354. The topological polar surface area (TPSA) is 35.2 Å². The van der Waals surface area contributed by atoms with Crippen molar-refractivity contribution in [3.8, 4) is 0 Å². The van der Waals surface area contributed by atoms with Gasteiger partial charge in [-0.1, -0.05) is 38.1 Å². The van der Waals surface area contributed by atoms with Crippen molar-refractivity contribution in [1.29, 1.82) is 0 Å². The van der Waals surface area contributed by atoms with Gasteiger partial charge in [0.05, 0.1) is 18.2 Å². The number of benzene rings is 1. The van der Waals surface area contributed by atoms with Gasteiger partial charge in [0.15, 0.2) is 0 Å². The lowest BCUT2D eigenvalue weighted by Crippen LogP contribution is -2.28. The van der Waals surface area contributed by atoms with Crippen molar-refractivity contribution in [2.45, 2.75) is 52.2 Å². The maximum Gasteiger partial charge on any atom is 0.0666 e. The van der Waals surface area contributed by atoms with E-state index < -0.39 is 0 Å². The van der Waals surface area contributed by atoms with Crippen molar-refractivity contribution in [3.05, 3.63) is 35.4 Å². The summed E-state index contributed by atoms with van der Waals surface area (Å²) < 4.78 is 5.83. The Hall–Kier alpha value is -0.860. The van der Waals surface area contributed by atoms with E-state index in [0.29, 0.717) is 6.61 Å². The second-order valence-corrected chi connectivity index (χ2v) is 5.13. The lowest BCUT2D eigenvalue weighted by molar-refractivity contribution is -0.0267. The molecule has 1 rings (SSSR count). The van der Waals surface area contributed by atoms with Gasteiger partial charge in [-0.15, -0.1) is 0 Å². The molecule has 0 aliphatic heterocycles. The summed E-state index contributed by atoms with van der Waals surface area (Å²) in [5.74, 6) is 0. The van der Waals surface area contributed by atoms with Gasteiger partial charge in [0, 0.05) is 0 Å². The largest absolute Gasteiger partial charge is 0.374 e. The first-order valence-electron chi connectivity index (χ1n) is 6.47. The summed E-state index contributed by atoms with van der Waals surface area (Å²) in [6, 6.07) is 8.45. The molecule has 96 valence electrons. The van der Waals surface area contributed by atoms with Crippen LogP contribution < -0.4 is 5.73 Å². The predicted molar refractivity (Wildman–Crippen MR) is 73.1 cm³/mol. The normalized spacial score (nSPS) is 13.7. The molecule has 1 aromatic rings. The molecule has 1 unspecified atom stereocenters. The Labute approximate surface area is 105 Å². The van der Waals surface area contributed by atoms with Gasteiger partial charge in [0.1, 0.15) is 0 Å². The summed E-state index contributed by atoms with van der Waals surface area (Å²) in [6.07, 6.45) is 2.06. The molecule has 1 aromatic carbocycles. The highest BCUT2D eigenvalue weighted by atomic mass is 16.5. The molecule has 2 N–H and O–H groups in total. The molecule has 0 spiro atoms. The molecule has 2 heteroatoms. The van der Waals surface area contributed by atoms with Crippen LogP contribution in [-0.2, 0) is 11.2 Å². The highest BCUT2D eigenvalue weighted by Crippen LogP contribution is 2.18. The molecule has 0 aromatic heterocycles. The Morgan fingerprint density at radius 3 is 2.24 bits per heavy atom. The first-order valence-corrected chi connectivity index (χ1v) is 6.47. The highest BCUT2D eigenvalue weighted by molar-refractivity contribution is 5.24. The first kappa shape index (κ1) is 14.2. The lowest BCUT2D eigenvalue weighted by atomic mass is 10.0. The molecule has 0 amide bonds. The third kappa shape index (κ3) is 4.49. The zero-order chi connectivity index (χ0) is 12.9. The molecular formula is C15H25NO. The summed E-state index contributed by atoms with van der Waals surface area (Å²) in [5, 5.41) is 0. The number of rotatable bonds is 6. The SMILES string of the molecule is CCc1ccc(C(N)COC(C)(C)CC)cc1. The quantitative estimate of drug-likeness (QED) is 0.819. The number of hydrogen-bond acceptors (Lipinski definition) is 2. The van der Waals surface area contributed by atoms with E-state index in [2.05, 4.69) is 52.0 Å². The van der Waals surface area contributed by atoms with Gasteiger partial charge in [-0.2, -0.15) is 0 Å². The Morgan fingerprint density at radius 2 is 1.76 bits per heavy atom. The molecule has 0 saturated carbocycles. The van der Waals surface area contributed by atoms with E-state index in [9.17, 15) is 0 Å². The summed E-state index contributed by atoms with van der Waals surface area (Å²) in [6.45, 7) is 9.05. The zero-order valence-corrected chi connectivity index (χ0v) is 11.5. The van der Waals surface area contributed by atoms with E-state index in [1.165, 1.54) is 5.56 Å². The van der Waals surface area contributed by atoms with Gasteiger partial charge < -0.3 is 10.5 Å². The van der Waals surface area contributed by atoms with E-state index in [0.717, 1.165) is 18.4 Å². The fourth-order valence-electron chi connectivity index (χ4n) is 1.51. The zero-order valence-electron chi connectivity index (χ0n) is 11.5. The monoisotopic (exact) mass is 235 g/mol. The van der Waals surface area contributed by atoms with Crippen molar-refractivity contribution in [2.24, 2.45) is 5.73 Å². The van der Waals surface area contributed by atoms with Crippen molar-refractivity contribution < 1.29 is 4.74 Å². The Balaban J connectivity index is 2.54. The average molecular weight is 235 g/mol. The molecule has 1 atom stereocenters. The van der Waals surface area contributed by atoms with Crippen LogP contribution >= 0.6 is 0 Å².